The van der Waals surface area contributed by atoms with E-state index in [0.717, 1.165) is 19.3 Å². The molecule has 0 N–H and O–H groups in total. The van der Waals surface area contributed by atoms with Crippen LogP contribution in [0.4, 0.5) is 5.69 Å². The number of hydrogen-bond donors (Lipinski definition) is 0. The highest BCUT2D eigenvalue weighted by atomic mass is 79.9. The molecule has 2 atom stereocenters. The zero-order valence-electron chi connectivity index (χ0n) is 11.7. The monoisotopic (exact) mass is 346 g/mol. The van der Waals surface area contributed by atoms with E-state index in [2.05, 4.69) is 22.9 Å². The number of nitriles is 1. The van der Waals surface area contributed by atoms with Crippen molar-refractivity contribution in [1.29, 1.82) is 5.26 Å². The number of nitrogens with zero attached hydrogens (tertiary/aromatic N) is 2. The summed E-state index contributed by atoms with van der Waals surface area (Å²) < 4.78 is 0.607. The van der Waals surface area contributed by atoms with Gasteiger partial charge < -0.3 is 0 Å². The second kappa shape index (κ2) is 5.27. The molecule has 0 spiro atoms. The molecule has 2 aliphatic rings. The summed E-state index contributed by atoms with van der Waals surface area (Å²) >= 11 is 3.36. The van der Waals surface area contributed by atoms with Crippen molar-refractivity contribution in [3.8, 4) is 6.07 Å². The number of fused-ring (bicyclic) bond motifs is 1. The first-order valence-electron chi connectivity index (χ1n) is 7.14. The van der Waals surface area contributed by atoms with Crippen molar-refractivity contribution >= 4 is 33.4 Å². The Kier molecular flexibility index (Phi) is 3.58. The van der Waals surface area contributed by atoms with Crippen molar-refractivity contribution in [2.45, 2.75) is 26.2 Å². The fourth-order valence-corrected chi connectivity index (χ4v) is 4.01. The Morgan fingerprint density at radius 3 is 2.38 bits per heavy atom. The van der Waals surface area contributed by atoms with E-state index in [0.29, 0.717) is 21.6 Å². The molecule has 4 nitrogen and oxygen atoms in total. The largest absolute Gasteiger partial charge is 0.274 e. The Balaban J connectivity index is 1.94. The van der Waals surface area contributed by atoms with Crippen molar-refractivity contribution < 1.29 is 9.59 Å². The van der Waals surface area contributed by atoms with Crippen LogP contribution < -0.4 is 4.90 Å². The van der Waals surface area contributed by atoms with Crippen LogP contribution in [-0.4, -0.2) is 11.8 Å². The van der Waals surface area contributed by atoms with Gasteiger partial charge in [-0.3, -0.25) is 9.59 Å². The summed E-state index contributed by atoms with van der Waals surface area (Å²) in [6, 6.07) is 6.97. The predicted molar refractivity (Wildman–Crippen MR) is 81.3 cm³/mol. The van der Waals surface area contributed by atoms with Gasteiger partial charge in [-0.15, -0.1) is 0 Å². The predicted octanol–water partition coefficient (Wildman–Crippen LogP) is 3.25. The minimum Gasteiger partial charge on any atom is -0.274 e. The van der Waals surface area contributed by atoms with Gasteiger partial charge in [-0.05, 0) is 52.9 Å². The standard InChI is InChI=1S/C16H15BrN2O2/c1-2-9-5-11-12(6-9)16(21)19(15(11)20)14-4-3-10(8-18)7-13(14)17/h3-4,7,9,11-12H,2,5-6H2,1H3. The Morgan fingerprint density at radius 1 is 1.29 bits per heavy atom. The first kappa shape index (κ1) is 14.3. The maximum Gasteiger partial charge on any atom is 0.237 e. The molecular formula is C16H15BrN2O2. The molecule has 0 bridgehead atoms. The molecule has 1 aromatic rings. The highest BCUT2D eigenvalue weighted by molar-refractivity contribution is 9.10. The molecule has 108 valence electrons. The number of rotatable bonds is 2. The first-order chi connectivity index (χ1) is 10.1. The average molecular weight is 347 g/mol. The molecular weight excluding hydrogens is 332 g/mol. The second-order valence-corrected chi connectivity index (χ2v) is 6.60. The quantitative estimate of drug-likeness (QED) is 0.772. The molecule has 1 saturated heterocycles. The van der Waals surface area contributed by atoms with Gasteiger partial charge in [-0.2, -0.15) is 5.26 Å². The highest BCUT2D eigenvalue weighted by Crippen LogP contribution is 2.46. The van der Waals surface area contributed by atoms with Crippen LogP contribution in [0.5, 0.6) is 0 Å². The van der Waals surface area contributed by atoms with Crippen molar-refractivity contribution in [3.05, 3.63) is 28.2 Å². The fraction of sp³-hybridized carbons (Fsp3) is 0.438. The molecule has 1 aliphatic carbocycles. The minimum absolute atomic E-state index is 0.0913. The van der Waals surface area contributed by atoms with Crippen LogP contribution in [0.1, 0.15) is 31.7 Å². The molecule has 1 saturated carbocycles. The van der Waals surface area contributed by atoms with Crippen molar-refractivity contribution in [1.82, 2.24) is 0 Å². The number of carbonyl (C=O) groups is 2. The number of benzene rings is 1. The maximum absolute atomic E-state index is 12.6. The topological polar surface area (TPSA) is 61.2 Å². The van der Waals surface area contributed by atoms with Gasteiger partial charge in [0.2, 0.25) is 11.8 Å². The molecule has 0 radical (unpaired) electrons. The van der Waals surface area contributed by atoms with Gasteiger partial charge in [-0.1, -0.05) is 13.3 Å². The van der Waals surface area contributed by atoms with E-state index in [-0.39, 0.29) is 23.7 Å². The Labute approximate surface area is 131 Å². The molecule has 1 aromatic carbocycles. The summed E-state index contributed by atoms with van der Waals surface area (Å²) in [5.41, 5.74) is 1.04. The fourth-order valence-electron chi connectivity index (χ4n) is 3.46. The van der Waals surface area contributed by atoms with E-state index in [9.17, 15) is 9.59 Å². The van der Waals surface area contributed by atoms with E-state index in [1.807, 2.05) is 6.07 Å². The number of amides is 2. The van der Waals surface area contributed by atoms with Gasteiger partial charge in [0, 0.05) is 4.47 Å². The average Bonchev–Trinajstić information content (AvgIpc) is 3.00. The molecule has 21 heavy (non-hydrogen) atoms. The van der Waals surface area contributed by atoms with E-state index in [1.165, 1.54) is 4.90 Å². The van der Waals surface area contributed by atoms with Crippen LogP contribution in [0.25, 0.3) is 0 Å². The number of anilines is 1. The SMILES string of the molecule is CCC1CC2C(=O)N(c3ccc(C#N)cc3Br)C(=O)C2C1. The highest BCUT2D eigenvalue weighted by Gasteiger charge is 2.52. The Morgan fingerprint density at radius 2 is 1.90 bits per heavy atom. The molecule has 2 fully saturated rings. The summed E-state index contributed by atoms with van der Waals surface area (Å²) in [5.74, 6) is -0.0212. The van der Waals surface area contributed by atoms with Gasteiger partial charge in [-0.25, -0.2) is 4.90 Å². The lowest BCUT2D eigenvalue weighted by Crippen LogP contribution is -2.32. The van der Waals surface area contributed by atoms with E-state index in [4.69, 9.17) is 5.26 Å². The summed E-state index contributed by atoms with van der Waals surface area (Å²) in [5, 5.41) is 8.89. The summed E-state index contributed by atoms with van der Waals surface area (Å²) in [4.78, 5) is 26.5. The molecule has 2 unspecified atom stereocenters. The van der Waals surface area contributed by atoms with Crippen molar-refractivity contribution in [2.75, 3.05) is 4.90 Å². The normalized spacial score (nSPS) is 27.9. The molecule has 0 aromatic heterocycles. The zero-order valence-corrected chi connectivity index (χ0v) is 13.3. The third-order valence-corrected chi connectivity index (χ3v) is 5.27. The van der Waals surface area contributed by atoms with E-state index >= 15 is 0 Å². The van der Waals surface area contributed by atoms with Gasteiger partial charge in [0.15, 0.2) is 0 Å². The van der Waals surface area contributed by atoms with Gasteiger partial charge in [0.05, 0.1) is 29.2 Å². The zero-order chi connectivity index (χ0) is 15.1. The maximum atomic E-state index is 12.6. The van der Waals surface area contributed by atoms with Gasteiger partial charge in [0.1, 0.15) is 0 Å². The minimum atomic E-state index is -0.162. The van der Waals surface area contributed by atoms with Crippen LogP contribution >= 0.6 is 15.9 Å². The molecule has 1 heterocycles. The Hall–Kier alpha value is -1.67. The van der Waals surface area contributed by atoms with Crippen LogP contribution in [0.3, 0.4) is 0 Å². The van der Waals surface area contributed by atoms with Crippen LogP contribution in [-0.2, 0) is 9.59 Å². The van der Waals surface area contributed by atoms with Crippen LogP contribution in [0.15, 0.2) is 22.7 Å². The molecule has 5 heteroatoms. The molecule has 1 aliphatic heterocycles. The van der Waals surface area contributed by atoms with Gasteiger partial charge >= 0.3 is 0 Å². The van der Waals surface area contributed by atoms with Gasteiger partial charge in [0.25, 0.3) is 0 Å². The summed E-state index contributed by atoms with van der Waals surface area (Å²) in [6.07, 6.45) is 2.65. The third-order valence-electron chi connectivity index (χ3n) is 4.63. The third kappa shape index (κ3) is 2.18. The van der Waals surface area contributed by atoms with Crippen LogP contribution in [0.2, 0.25) is 0 Å². The summed E-state index contributed by atoms with van der Waals surface area (Å²) in [7, 11) is 0. The number of hydrogen-bond acceptors (Lipinski definition) is 3. The van der Waals surface area contributed by atoms with E-state index < -0.39 is 0 Å². The second-order valence-electron chi connectivity index (χ2n) is 5.75. The number of imide groups is 1. The lowest BCUT2D eigenvalue weighted by Gasteiger charge is -2.19. The lowest BCUT2D eigenvalue weighted by atomic mass is 10.00. The molecule has 2 amide bonds. The Bertz CT molecular complexity index is 641. The van der Waals surface area contributed by atoms with Crippen molar-refractivity contribution in [3.63, 3.8) is 0 Å². The first-order valence-corrected chi connectivity index (χ1v) is 7.93. The number of carbonyl (C=O) groups excluding carboxylic acids is 2. The smallest absolute Gasteiger partial charge is 0.237 e. The van der Waals surface area contributed by atoms with Crippen LogP contribution in [0, 0.1) is 29.1 Å². The van der Waals surface area contributed by atoms with E-state index in [1.54, 1.807) is 18.2 Å². The molecule has 3 rings (SSSR count). The lowest BCUT2D eigenvalue weighted by molar-refractivity contribution is -0.123. The summed E-state index contributed by atoms with van der Waals surface area (Å²) in [6.45, 7) is 2.11. The van der Waals surface area contributed by atoms with Crippen molar-refractivity contribution in [2.24, 2.45) is 17.8 Å². The number of halogens is 1.